The van der Waals surface area contributed by atoms with Gasteiger partial charge in [-0.05, 0) is 62.7 Å². The molecule has 2 heterocycles. The fraction of sp³-hybridized carbons (Fsp3) is 0.442. The zero-order chi connectivity index (χ0) is 38.7. The van der Waals surface area contributed by atoms with Gasteiger partial charge in [-0.1, -0.05) is 44.0 Å². The minimum atomic E-state index is -0.513. The van der Waals surface area contributed by atoms with Crippen molar-refractivity contribution in [1.82, 2.24) is 0 Å². The fourth-order valence-electron chi connectivity index (χ4n) is 7.90. The molecule has 2 aromatic carbocycles. The van der Waals surface area contributed by atoms with E-state index in [1.54, 1.807) is 0 Å². The lowest BCUT2D eigenvalue weighted by molar-refractivity contribution is -0.875. The fourth-order valence-corrected chi connectivity index (χ4v) is 8.24. The van der Waals surface area contributed by atoms with Gasteiger partial charge in [0, 0.05) is 88.3 Å². The van der Waals surface area contributed by atoms with E-state index in [0.717, 1.165) is 57.9 Å². The molecule has 2 aromatic rings. The number of carbonyl (C=O) groups excluding carboxylic acids is 1. The minimum absolute atomic E-state index is 0.0766. The Bertz CT molecular complexity index is 2050. The van der Waals surface area contributed by atoms with Crippen molar-refractivity contribution in [3.63, 3.8) is 0 Å². The van der Waals surface area contributed by atoms with Crippen LogP contribution in [0.5, 0.6) is 0 Å². The Labute approximate surface area is 321 Å². The van der Waals surface area contributed by atoms with E-state index in [9.17, 15) is 15.5 Å². The molecule has 1 aliphatic carbocycles. The first-order valence-electron chi connectivity index (χ1n) is 18.0. The van der Waals surface area contributed by atoms with E-state index in [2.05, 4.69) is 105 Å². The average Bonchev–Trinajstić information content (AvgIpc) is 3.37. The molecule has 0 aromatic heterocycles. The lowest BCUT2D eigenvalue weighted by atomic mass is 9.73. The second-order valence-corrected chi connectivity index (χ2v) is 18.3. The van der Waals surface area contributed by atoms with Crippen LogP contribution >= 0.6 is 23.2 Å². The number of benzene rings is 2. The maximum absolute atomic E-state index is 14.5. The quantitative estimate of drug-likeness (QED) is 0.0580. The molecule has 0 saturated heterocycles. The number of anilines is 1. The van der Waals surface area contributed by atoms with Crippen LogP contribution < -0.4 is 4.90 Å². The number of nitriles is 1. The van der Waals surface area contributed by atoms with Gasteiger partial charge in [0.05, 0.1) is 50.6 Å². The Morgan fingerprint density at radius 3 is 2.19 bits per heavy atom. The van der Waals surface area contributed by atoms with Gasteiger partial charge >= 0.3 is 0 Å². The van der Waals surface area contributed by atoms with E-state index in [4.69, 9.17) is 23.2 Å². The largest absolute Gasteiger partial charge is 0.762 e. The van der Waals surface area contributed by atoms with Crippen LogP contribution in [0.4, 0.5) is 11.4 Å². The summed E-state index contributed by atoms with van der Waals surface area (Å²) in [5, 5.41) is 21.8. The third-order valence-corrected chi connectivity index (χ3v) is 11.8. The number of ketones is 1. The van der Waals surface area contributed by atoms with Gasteiger partial charge in [-0.25, -0.2) is 5.87 Å². The Kier molecular flexibility index (Phi) is 10.5. The second-order valence-electron chi connectivity index (χ2n) is 17.4. The topological polar surface area (TPSA) is 69.4 Å². The number of carbonyl (C=O) groups is 1. The predicted octanol–water partition coefficient (Wildman–Crippen LogP) is 8.53. The Hall–Kier alpha value is -3.76. The van der Waals surface area contributed by atoms with Crippen molar-refractivity contribution < 1.29 is 18.3 Å². The maximum atomic E-state index is 14.5. The number of nitrogens with zero attached hydrogens (tertiary/aromatic N) is 6. The SMILES string of the molecule is [CH2-][N+](C)(C)C(C)C(C)C[N+]1=C(/C=C2\C(=O)C(/C=C3\N(CCC[N+](C)(C)C)c4ccc(Cl)cc4C3(C)C)=C2C(=C=[N-])C#N)C(C)(C)c2cc(Cl)ccc21. The highest BCUT2D eigenvalue weighted by Crippen LogP contribution is 2.51. The van der Waals surface area contributed by atoms with Crippen LogP contribution in [-0.2, 0) is 15.6 Å². The molecule has 0 radical (unpaired) electrons. The molecule has 2 aliphatic heterocycles. The number of quaternary nitrogens is 2. The standard InChI is InChI=1S/C43H53Cl2N6O/c1-27(28(2)51(10,11)12)26-49-37-17-15-31(45)21-35(37)43(5,6)39(49)23-33-40(29(24-46)25-47)32(41(33)52)22-38-42(3,4)34-20-30(44)14-16-36(34)48(38)18-13-19-50(7,8)9/h14-17,20-23,27-28H,10,13,18-19,26H2,1-9,11-12H3/q+1. The van der Waals surface area contributed by atoms with Gasteiger partial charge in [0.25, 0.3) is 0 Å². The third-order valence-electron chi connectivity index (χ3n) is 11.4. The van der Waals surface area contributed by atoms with Gasteiger partial charge in [-0.3, -0.25) is 4.79 Å². The van der Waals surface area contributed by atoms with Gasteiger partial charge in [0.2, 0.25) is 5.69 Å². The first-order chi connectivity index (χ1) is 24.0. The van der Waals surface area contributed by atoms with Crippen LogP contribution in [-0.4, -0.2) is 91.8 Å². The molecule has 0 N–H and O–H groups in total. The van der Waals surface area contributed by atoms with E-state index in [0.29, 0.717) is 37.8 Å². The van der Waals surface area contributed by atoms with Crippen LogP contribution in [0, 0.1) is 24.3 Å². The number of hydrogen-bond acceptors (Lipinski definition) is 3. The van der Waals surface area contributed by atoms with Crippen LogP contribution in [0.25, 0.3) is 5.41 Å². The summed E-state index contributed by atoms with van der Waals surface area (Å²) in [5.41, 5.74) is 6.17. The highest BCUT2D eigenvalue weighted by atomic mass is 35.5. The molecule has 2 unspecified atom stereocenters. The minimum Gasteiger partial charge on any atom is -0.762 e. The van der Waals surface area contributed by atoms with E-state index in [-0.39, 0.29) is 23.3 Å². The van der Waals surface area contributed by atoms with Crippen LogP contribution in [0.2, 0.25) is 10.0 Å². The summed E-state index contributed by atoms with van der Waals surface area (Å²) in [6.45, 7) is 15.4. The molecule has 52 heavy (non-hydrogen) atoms. The maximum Gasteiger partial charge on any atom is 0.209 e. The summed E-state index contributed by atoms with van der Waals surface area (Å²) in [5.74, 6) is 2.15. The lowest BCUT2D eigenvalue weighted by Crippen LogP contribution is -2.47. The van der Waals surface area contributed by atoms with Crippen molar-refractivity contribution >= 4 is 51.9 Å². The summed E-state index contributed by atoms with van der Waals surface area (Å²) in [7, 11) is 15.1. The molecule has 0 spiro atoms. The molecule has 7 nitrogen and oxygen atoms in total. The van der Waals surface area contributed by atoms with Crippen molar-refractivity contribution in [3.8, 4) is 6.07 Å². The molecular weight excluding hydrogens is 687 g/mol. The summed E-state index contributed by atoms with van der Waals surface area (Å²) < 4.78 is 3.68. The number of rotatable bonds is 11. The van der Waals surface area contributed by atoms with Gasteiger partial charge < -0.3 is 19.3 Å². The molecule has 0 amide bonds. The van der Waals surface area contributed by atoms with E-state index < -0.39 is 10.8 Å². The van der Waals surface area contributed by atoms with E-state index >= 15 is 0 Å². The van der Waals surface area contributed by atoms with Gasteiger partial charge in [-0.15, -0.1) is 7.05 Å². The lowest BCUT2D eigenvalue weighted by Gasteiger charge is -2.42. The predicted molar refractivity (Wildman–Crippen MR) is 215 cm³/mol. The monoisotopic (exact) mass is 739 g/mol. The molecule has 0 saturated carbocycles. The molecule has 2 atom stereocenters. The van der Waals surface area contributed by atoms with E-state index in [1.807, 2.05) is 48.6 Å². The number of Topliss-reactive ketones (excluding diaryl/α,β-unsaturated/α-hetero) is 1. The highest BCUT2D eigenvalue weighted by molar-refractivity contribution is 6.31. The Morgan fingerprint density at radius 2 is 1.62 bits per heavy atom. The van der Waals surface area contributed by atoms with E-state index in [1.165, 1.54) is 0 Å². The Balaban J connectivity index is 1.70. The second kappa shape index (κ2) is 13.9. The molecular formula is C43H53Cl2N6O+. The molecule has 274 valence electrons. The highest BCUT2D eigenvalue weighted by Gasteiger charge is 2.48. The van der Waals surface area contributed by atoms with Crippen LogP contribution in [0.1, 0.15) is 59.1 Å². The van der Waals surface area contributed by atoms with Crippen molar-refractivity contribution in [2.24, 2.45) is 5.92 Å². The van der Waals surface area contributed by atoms with Gasteiger partial charge in [0.1, 0.15) is 6.07 Å². The first-order valence-corrected chi connectivity index (χ1v) is 18.7. The average molecular weight is 741 g/mol. The summed E-state index contributed by atoms with van der Waals surface area (Å²) in [6.07, 6.45) is 4.75. The van der Waals surface area contributed by atoms with Crippen LogP contribution in [0.15, 0.2) is 76.5 Å². The number of hydrogen-bond donors (Lipinski definition) is 0. The summed E-state index contributed by atoms with van der Waals surface area (Å²) in [6, 6.07) is 14.2. The van der Waals surface area contributed by atoms with Crippen molar-refractivity contribution in [1.29, 1.82) is 5.26 Å². The van der Waals surface area contributed by atoms with Gasteiger partial charge in [-0.2, -0.15) is 9.84 Å². The third kappa shape index (κ3) is 7.13. The number of halogens is 2. The zero-order valence-electron chi connectivity index (χ0n) is 32.7. The zero-order valence-corrected chi connectivity index (χ0v) is 34.2. The number of fused-ring (bicyclic) bond motifs is 2. The Morgan fingerprint density at radius 1 is 1.00 bits per heavy atom. The molecule has 0 fully saturated rings. The molecule has 5 rings (SSSR count). The van der Waals surface area contributed by atoms with Crippen molar-refractivity contribution in [2.45, 2.75) is 64.8 Å². The molecule has 3 aliphatic rings. The molecule has 9 heteroatoms. The van der Waals surface area contributed by atoms with Crippen molar-refractivity contribution in [2.75, 3.05) is 59.8 Å². The van der Waals surface area contributed by atoms with Crippen LogP contribution in [0.3, 0.4) is 0 Å². The van der Waals surface area contributed by atoms with Crippen molar-refractivity contribution in [3.05, 3.63) is 110 Å². The number of allylic oxidation sites excluding steroid dienone is 7. The summed E-state index contributed by atoms with van der Waals surface area (Å²) in [4.78, 5) is 16.8. The summed E-state index contributed by atoms with van der Waals surface area (Å²) >= 11 is 13.1. The first kappa shape index (κ1) is 39.4. The molecule has 0 bridgehead atoms. The van der Waals surface area contributed by atoms with Gasteiger partial charge in [0.15, 0.2) is 18.0 Å². The smallest absolute Gasteiger partial charge is 0.209 e. The normalized spacial score (nSPS) is 20.5.